The van der Waals surface area contributed by atoms with Gasteiger partial charge in [0, 0.05) is 45.8 Å². The number of hydrogen-bond acceptors (Lipinski definition) is 4. The molecule has 1 saturated heterocycles. The van der Waals surface area contributed by atoms with Gasteiger partial charge in [-0.3, -0.25) is 4.90 Å². The van der Waals surface area contributed by atoms with Gasteiger partial charge in [0.25, 0.3) is 0 Å². The Labute approximate surface area is 172 Å². The van der Waals surface area contributed by atoms with E-state index in [0.29, 0.717) is 6.61 Å². The second-order valence-electron chi connectivity index (χ2n) is 6.43. The summed E-state index contributed by atoms with van der Waals surface area (Å²) in [6.45, 7) is 8.00. The van der Waals surface area contributed by atoms with Crippen molar-refractivity contribution in [2.45, 2.75) is 13.2 Å². The van der Waals surface area contributed by atoms with Crippen LogP contribution >= 0.6 is 31.9 Å². The van der Waals surface area contributed by atoms with Crippen molar-refractivity contribution in [3.8, 4) is 5.75 Å². The highest BCUT2D eigenvalue weighted by molar-refractivity contribution is 9.11. The van der Waals surface area contributed by atoms with Gasteiger partial charge >= 0.3 is 0 Å². The van der Waals surface area contributed by atoms with Gasteiger partial charge in [0.1, 0.15) is 12.4 Å². The number of nitrogens with one attached hydrogen (secondary N) is 2. The molecule has 4 nitrogen and oxygen atoms in total. The van der Waals surface area contributed by atoms with E-state index in [-0.39, 0.29) is 0 Å². The maximum atomic E-state index is 5.99. The van der Waals surface area contributed by atoms with Crippen molar-refractivity contribution in [3.05, 3.63) is 62.5 Å². The highest BCUT2D eigenvalue weighted by Gasteiger charge is 2.11. The van der Waals surface area contributed by atoms with Crippen LogP contribution in [0.15, 0.2) is 51.4 Å². The Hall–Kier alpha value is -0.920. The van der Waals surface area contributed by atoms with E-state index in [1.165, 1.54) is 5.56 Å². The van der Waals surface area contributed by atoms with Gasteiger partial charge in [-0.1, -0.05) is 30.3 Å². The summed E-state index contributed by atoms with van der Waals surface area (Å²) in [6, 6.07) is 14.5. The van der Waals surface area contributed by atoms with E-state index in [0.717, 1.165) is 66.1 Å². The summed E-state index contributed by atoms with van der Waals surface area (Å²) in [7, 11) is 0. The fraction of sp³-hybridized carbons (Fsp3) is 0.400. The molecule has 0 atom stereocenters. The molecular weight excluding hydrogens is 458 g/mol. The van der Waals surface area contributed by atoms with Crippen LogP contribution in [0, 0.1) is 0 Å². The van der Waals surface area contributed by atoms with Crippen molar-refractivity contribution >= 4 is 31.9 Å². The first-order valence-corrected chi connectivity index (χ1v) is 10.6. The molecular formula is C20H25Br2N3O. The molecule has 0 bridgehead atoms. The van der Waals surface area contributed by atoms with Crippen LogP contribution in [0.1, 0.15) is 11.1 Å². The Morgan fingerprint density at radius 3 is 2.38 bits per heavy atom. The van der Waals surface area contributed by atoms with Crippen molar-refractivity contribution in [1.82, 2.24) is 15.5 Å². The highest BCUT2D eigenvalue weighted by atomic mass is 79.9. The van der Waals surface area contributed by atoms with Gasteiger partial charge in [-0.2, -0.15) is 0 Å². The van der Waals surface area contributed by atoms with Crippen molar-refractivity contribution in [3.63, 3.8) is 0 Å². The van der Waals surface area contributed by atoms with Crippen LogP contribution in [0.25, 0.3) is 0 Å². The van der Waals surface area contributed by atoms with Crippen molar-refractivity contribution in [1.29, 1.82) is 0 Å². The second-order valence-corrected chi connectivity index (χ2v) is 8.14. The van der Waals surface area contributed by atoms with Gasteiger partial charge in [0.05, 0.1) is 8.95 Å². The summed E-state index contributed by atoms with van der Waals surface area (Å²) in [5.41, 5.74) is 2.39. The van der Waals surface area contributed by atoms with Crippen LogP contribution in [0.2, 0.25) is 0 Å². The molecule has 1 aliphatic rings. The van der Waals surface area contributed by atoms with E-state index in [9.17, 15) is 0 Å². The third-order valence-corrected chi connectivity index (χ3v) is 5.61. The fourth-order valence-electron chi connectivity index (χ4n) is 2.99. The smallest absolute Gasteiger partial charge is 0.148 e. The van der Waals surface area contributed by atoms with Crippen molar-refractivity contribution < 1.29 is 4.74 Å². The number of hydrogen-bond donors (Lipinski definition) is 2. The lowest BCUT2D eigenvalue weighted by Gasteiger charge is -2.27. The molecule has 0 saturated carbocycles. The number of nitrogens with zero attached hydrogens (tertiary/aromatic N) is 1. The zero-order valence-corrected chi connectivity index (χ0v) is 18.0. The summed E-state index contributed by atoms with van der Waals surface area (Å²) >= 11 is 7.29. The second kappa shape index (κ2) is 10.4. The lowest BCUT2D eigenvalue weighted by molar-refractivity contribution is 0.241. The molecule has 0 spiro atoms. The largest absolute Gasteiger partial charge is 0.487 e. The molecule has 0 unspecified atom stereocenters. The first-order chi connectivity index (χ1) is 12.7. The van der Waals surface area contributed by atoms with Crippen LogP contribution < -0.4 is 15.4 Å². The first kappa shape index (κ1) is 19.8. The number of piperazine rings is 1. The molecule has 2 N–H and O–H groups in total. The predicted molar refractivity (Wildman–Crippen MR) is 114 cm³/mol. The maximum absolute atomic E-state index is 5.99. The van der Waals surface area contributed by atoms with Crippen molar-refractivity contribution in [2.24, 2.45) is 0 Å². The SMILES string of the molecule is Brc1cc(CNCCN2CCNCC2)cc(Br)c1OCc1ccccc1. The fourth-order valence-corrected chi connectivity index (χ4v) is 4.50. The lowest BCUT2D eigenvalue weighted by atomic mass is 10.2. The first-order valence-electron chi connectivity index (χ1n) is 9.01. The minimum absolute atomic E-state index is 0.556. The van der Waals surface area contributed by atoms with Crippen molar-refractivity contribution in [2.75, 3.05) is 39.3 Å². The summed E-state index contributed by atoms with van der Waals surface area (Å²) in [5, 5.41) is 6.92. The van der Waals surface area contributed by atoms with E-state index >= 15 is 0 Å². The molecule has 0 amide bonds. The molecule has 0 aromatic heterocycles. The Bertz CT molecular complexity index is 668. The maximum Gasteiger partial charge on any atom is 0.148 e. The van der Waals surface area contributed by atoms with Gasteiger partial charge in [0.15, 0.2) is 0 Å². The van der Waals surface area contributed by atoms with E-state index in [2.05, 4.69) is 71.7 Å². The summed E-state index contributed by atoms with van der Waals surface area (Å²) < 4.78 is 7.93. The van der Waals surface area contributed by atoms with Gasteiger partial charge in [-0.15, -0.1) is 0 Å². The zero-order valence-electron chi connectivity index (χ0n) is 14.8. The monoisotopic (exact) mass is 481 g/mol. The Morgan fingerprint density at radius 1 is 1.00 bits per heavy atom. The molecule has 1 fully saturated rings. The summed E-state index contributed by atoms with van der Waals surface area (Å²) in [5.74, 6) is 0.846. The van der Waals surface area contributed by atoms with Gasteiger partial charge < -0.3 is 15.4 Å². The molecule has 1 heterocycles. The minimum Gasteiger partial charge on any atom is -0.487 e. The van der Waals surface area contributed by atoms with Gasteiger partial charge in [-0.25, -0.2) is 0 Å². The quantitative estimate of drug-likeness (QED) is 0.561. The van der Waals surface area contributed by atoms with E-state index < -0.39 is 0 Å². The zero-order chi connectivity index (χ0) is 18.2. The summed E-state index contributed by atoms with van der Waals surface area (Å²) in [6.07, 6.45) is 0. The third-order valence-electron chi connectivity index (χ3n) is 4.43. The molecule has 6 heteroatoms. The van der Waals surface area contributed by atoms with E-state index in [1.54, 1.807) is 0 Å². The molecule has 2 aromatic carbocycles. The predicted octanol–water partition coefficient (Wildman–Crippen LogP) is 3.79. The summed E-state index contributed by atoms with van der Waals surface area (Å²) in [4.78, 5) is 2.50. The average Bonchev–Trinajstić information content (AvgIpc) is 2.66. The molecule has 0 radical (unpaired) electrons. The van der Waals surface area contributed by atoms with Crippen LogP contribution in [-0.4, -0.2) is 44.2 Å². The van der Waals surface area contributed by atoms with Crippen LogP contribution in [-0.2, 0) is 13.2 Å². The molecule has 3 rings (SSSR count). The average molecular weight is 483 g/mol. The number of rotatable bonds is 8. The minimum atomic E-state index is 0.556. The van der Waals surface area contributed by atoms with Gasteiger partial charge in [-0.05, 0) is 55.1 Å². The molecule has 1 aliphatic heterocycles. The van der Waals surface area contributed by atoms with E-state index in [4.69, 9.17) is 4.74 Å². The molecule has 2 aromatic rings. The van der Waals surface area contributed by atoms with Crippen LogP contribution in [0.3, 0.4) is 0 Å². The Kier molecular flexibility index (Phi) is 7.95. The Morgan fingerprint density at radius 2 is 1.69 bits per heavy atom. The van der Waals surface area contributed by atoms with Crippen LogP contribution in [0.5, 0.6) is 5.75 Å². The molecule has 140 valence electrons. The standard InChI is InChI=1S/C20H25Br2N3O/c21-18-12-17(14-24-8-11-25-9-6-23-7-10-25)13-19(22)20(18)26-15-16-4-2-1-3-5-16/h1-5,12-13,23-24H,6-11,14-15H2. The number of ether oxygens (including phenoxy) is 1. The van der Waals surface area contributed by atoms with Gasteiger partial charge in [0.2, 0.25) is 0 Å². The Balaban J connectivity index is 1.48. The number of halogens is 2. The third kappa shape index (κ3) is 6.06. The lowest BCUT2D eigenvalue weighted by Crippen LogP contribution is -2.45. The van der Waals surface area contributed by atoms with Crippen LogP contribution in [0.4, 0.5) is 0 Å². The van der Waals surface area contributed by atoms with E-state index in [1.807, 2.05) is 18.2 Å². The topological polar surface area (TPSA) is 36.5 Å². The molecule has 0 aliphatic carbocycles. The molecule has 26 heavy (non-hydrogen) atoms. The highest BCUT2D eigenvalue weighted by Crippen LogP contribution is 2.35. The number of benzene rings is 2. The normalized spacial score (nSPS) is 15.2.